The predicted octanol–water partition coefficient (Wildman–Crippen LogP) is 2.04. The summed E-state index contributed by atoms with van der Waals surface area (Å²) in [5, 5.41) is 27.5. The standard InChI is InChI=1S/C23H24N8O2S/c1-25-34(33)8-5-29(6-9-34)22-3-2-17(12-26-22)21-10-18(20-14-27-30(15-20)4-7-32)16-31-23(21)19(11-24)13-28-31/h2-3,10,12-16,32H,4-9H2,1H3. The van der Waals surface area contributed by atoms with Gasteiger partial charge >= 0.3 is 0 Å². The molecule has 174 valence electrons. The molecule has 5 rings (SSSR count). The van der Waals surface area contributed by atoms with Gasteiger partial charge in [0.25, 0.3) is 0 Å². The van der Waals surface area contributed by atoms with Gasteiger partial charge in [-0.3, -0.25) is 4.68 Å². The van der Waals surface area contributed by atoms with E-state index in [1.165, 1.54) is 0 Å². The summed E-state index contributed by atoms with van der Waals surface area (Å²) in [4.78, 5) is 6.80. The maximum Gasteiger partial charge on any atom is 0.128 e. The third kappa shape index (κ3) is 4.02. The molecule has 0 spiro atoms. The summed E-state index contributed by atoms with van der Waals surface area (Å²) in [6.45, 7) is 1.73. The van der Waals surface area contributed by atoms with Crippen LogP contribution < -0.4 is 4.90 Å². The highest BCUT2D eigenvalue weighted by Gasteiger charge is 2.21. The van der Waals surface area contributed by atoms with Gasteiger partial charge in [0.1, 0.15) is 11.9 Å². The first-order chi connectivity index (χ1) is 16.5. The predicted molar refractivity (Wildman–Crippen MR) is 130 cm³/mol. The molecular weight excluding hydrogens is 452 g/mol. The van der Waals surface area contributed by atoms with Crippen LogP contribution in [0.1, 0.15) is 5.56 Å². The van der Waals surface area contributed by atoms with E-state index in [9.17, 15) is 14.6 Å². The van der Waals surface area contributed by atoms with Gasteiger partial charge in [-0.25, -0.2) is 18.1 Å². The number of fused-ring (bicyclic) bond motifs is 1. The molecule has 0 atom stereocenters. The number of pyridine rings is 2. The molecule has 0 radical (unpaired) electrons. The van der Waals surface area contributed by atoms with Crippen molar-refractivity contribution in [3.8, 4) is 28.3 Å². The Balaban J connectivity index is 1.52. The highest BCUT2D eigenvalue weighted by molar-refractivity contribution is 7.93. The number of aromatic nitrogens is 5. The first kappa shape index (κ1) is 22.1. The zero-order valence-corrected chi connectivity index (χ0v) is 19.5. The average molecular weight is 477 g/mol. The summed E-state index contributed by atoms with van der Waals surface area (Å²) in [6, 6.07) is 8.17. The van der Waals surface area contributed by atoms with Crippen LogP contribution in [0.2, 0.25) is 0 Å². The number of rotatable bonds is 5. The van der Waals surface area contributed by atoms with Crippen LogP contribution in [0.3, 0.4) is 0 Å². The maximum absolute atomic E-state index is 12.5. The van der Waals surface area contributed by atoms with Gasteiger partial charge in [-0.1, -0.05) is 0 Å². The molecule has 34 heavy (non-hydrogen) atoms. The second-order valence-electron chi connectivity index (χ2n) is 8.08. The normalized spacial score (nSPS) is 15.4. The minimum Gasteiger partial charge on any atom is -0.394 e. The summed E-state index contributed by atoms with van der Waals surface area (Å²) >= 11 is 0. The second-order valence-corrected chi connectivity index (χ2v) is 10.8. The molecule has 11 heteroatoms. The first-order valence-corrected chi connectivity index (χ1v) is 12.8. The topological polar surface area (TPSA) is 125 Å². The summed E-state index contributed by atoms with van der Waals surface area (Å²) in [6.07, 6.45) is 8.84. The van der Waals surface area contributed by atoms with Crippen molar-refractivity contribution in [3.05, 3.63) is 54.7 Å². The molecule has 1 aliphatic rings. The van der Waals surface area contributed by atoms with Crippen molar-refractivity contribution < 1.29 is 9.32 Å². The molecule has 4 aromatic heterocycles. The van der Waals surface area contributed by atoms with E-state index in [4.69, 9.17) is 0 Å². The lowest BCUT2D eigenvalue weighted by Gasteiger charge is -2.29. The third-order valence-corrected chi connectivity index (χ3v) is 8.41. The van der Waals surface area contributed by atoms with E-state index in [1.807, 2.05) is 30.6 Å². The van der Waals surface area contributed by atoms with E-state index in [0.717, 1.165) is 28.1 Å². The number of anilines is 1. The van der Waals surface area contributed by atoms with Crippen LogP contribution >= 0.6 is 0 Å². The van der Waals surface area contributed by atoms with Gasteiger partial charge in [0.05, 0.1) is 36.6 Å². The molecule has 1 N–H and O–H groups in total. The lowest BCUT2D eigenvalue weighted by molar-refractivity contribution is 0.269. The van der Waals surface area contributed by atoms with E-state index >= 15 is 0 Å². The molecule has 1 saturated heterocycles. The molecule has 0 aromatic carbocycles. The van der Waals surface area contributed by atoms with Crippen LogP contribution in [0, 0.1) is 11.3 Å². The lowest BCUT2D eigenvalue weighted by atomic mass is 10.0. The van der Waals surface area contributed by atoms with Crippen LogP contribution in [0.15, 0.2) is 53.5 Å². The second kappa shape index (κ2) is 8.89. The summed E-state index contributed by atoms with van der Waals surface area (Å²) < 4.78 is 19.9. The minimum atomic E-state index is -2.08. The molecule has 0 unspecified atom stereocenters. The van der Waals surface area contributed by atoms with Gasteiger partial charge in [0, 0.05) is 82.2 Å². The van der Waals surface area contributed by atoms with E-state index in [-0.39, 0.29) is 6.61 Å². The fourth-order valence-corrected chi connectivity index (χ4v) is 5.76. The number of aliphatic hydroxyl groups excluding tert-OH is 1. The van der Waals surface area contributed by atoms with Gasteiger partial charge in [-0.15, -0.1) is 0 Å². The molecule has 1 aliphatic heterocycles. The fraction of sp³-hybridized carbons (Fsp3) is 0.304. The van der Waals surface area contributed by atoms with E-state index in [2.05, 4.69) is 30.5 Å². The van der Waals surface area contributed by atoms with Crippen molar-refractivity contribution >= 4 is 21.1 Å². The first-order valence-electron chi connectivity index (χ1n) is 10.9. The quantitative estimate of drug-likeness (QED) is 0.467. The van der Waals surface area contributed by atoms with Gasteiger partial charge in [0.15, 0.2) is 0 Å². The molecular formula is C23H24N8O2S. The van der Waals surface area contributed by atoms with Crippen LogP contribution in [-0.4, -0.2) is 71.9 Å². The van der Waals surface area contributed by atoms with Crippen LogP contribution in [0.5, 0.6) is 0 Å². The van der Waals surface area contributed by atoms with Crippen molar-refractivity contribution in [2.75, 3.05) is 43.1 Å². The Bertz CT molecular complexity index is 1490. The molecule has 0 saturated carbocycles. The largest absolute Gasteiger partial charge is 0.394 e. The highest BCUT2D eigenvalue weighted by Crippen LogP contribution is 2.32. The van der Waals surface area contributed by atoms with Crippen molar-refractivity contribution in [1.29, 1.82) is 5.26 Å². The molecule has 0 aliphatic carbocycles. The Kier molecular flexibility index (Phi) is 5.77. The van der Waals surface area contributed by atoms with Crippen LogP contribution in [-0.2, 0) is 16.3 Å². The Labute approximate surface area is 197 Å². The molecule has 0 bridgehead atoms. The van der Waals surface area contributed by atoms with E-state index in [0.29, 0.717) is 42.2 Å². The number of hydrogen-bond acceptors (Lipinski definition) is 8. The summed E-state index contributed by atoms with van der Waals surface area (Å²) in [5.74, 6) is 1.91. The molecule has 4 aromatic rings. The van der Waals surface area contributed by atoms with Gasteiger partial charge < -0.3 is 10.0 Å². The van der Waals surface area contributed by atoms with Crippen molar-refractivity contribution in [2.45, 2.75) is 6.54 Å². The highest BCUT2D eigenvalue weighted by atomic mass is 32.2. The minimum absolute atomic E-state index is 0.00938. The Morgan fingerprint density at radius 3 is 2.62 bits per heavy atom. The Morgan fingerprint density at radius 1 is 1.12 bits per heavy atom. The Hall–Kier alpha value is -3.75. The number of nitriles is 1. The van der Waals surface area contributed by atoms with Crippen molar-refractivity contribution in [1.82, 2.24) is 24.4 Å². The lowest BCUT2D eigenvalue weighted by Crippen LogP contribution is -2.40. The molecule has 0 amide bonds. The van der Waals surface area contributed by atoms with Gasteiger partial charge in [-0.2, -0.15) is 15.5 Å². The van der Waals surface area contributed by atoms with E-state index < -0.39 is 9.73 Å². The summed E-state index contributed by atoms with van der Waals surface area (Å²) in [7, 11) is -0.456. The smallest absolute Gasteiger partial charge is 0.128 e. The van der Waals surface area contributed by atoms with Crippen LogP contribution in [0.4, 0.5) is 5.82 Å². The maximum atomic E-state index is 12.5. The summed E-state index contributed by atoms with van der Waals surface area (Å²) in [5.41, 5.74) is 4.67. The fourth-order valence-electron chi connectivity index (χ4n) is 4.18. The molecule has 1 fully saturated rings. The molecule has 10 nitrogen and oxygen atoms in total. The van der Waals surface area contributed by atoms with Crippen molar-refractivity contribution in [3.63, 3.8) is 0 Å². The van der Waals surface area contributed by atoms with Gasteiger partial charge in [-0.05, 0) is 18.2 Å². The third-order valence-electron chi connectivity index (χ3n) is 6.10. The number of aliphatic hydroxyl groups is 1. The number of nitrogens with zero attached hydrogens (tertiary/aromatic N) is 8. The van der Waals surface area contributed by atoms with Gasteiger partial charge in [0.2, 0.25) is 0 Å². The average Bonchev–Trinajstić information content (AvgIpc) is 3.51. The SMILES string of the molecule is CN=S1(=O)CCN(c2ccc(-c3cc(-c4cnn(CCO)c4)cn4ncc(C#N)c34)cn2)CC1. The van der Waals surface area contributed by atoms with Crippen LogP contribution in [0.25, 0.3) is 27.8 Å². The monoisotopic (exact) mass is 476 g/mol. The molecule has 5 heterocycles. The van der Waals surface area contributed by atoms with E-state index in [1.54, 1.807) is 34.8 Å². The zero-order valence-electron chi connectivity index (χ0n) is 18.7. The van der Waals surface area contributed by atoms with Crippen molar-refractivity contribution in [2.24, 2.45) is 4.36 Å². The number of hydrogen-bond donors (Lipinski definition) is 1. The zero-order chi connectivity index (χ0) is 23.7. The Morgan fingerprint density at radius 2 is 1.94 bits per heavy atom.